The zero-order valence-electron chi connectivity index (χ0n) is 9.35. The lowest BCUT2D eigenvalue weighted by Crippen LogP contribution is -2.02. The topological polar surface area (TPSA) is 72.8 Å². The fourth-order valence-electron chi connectivity index (χ4n) is 0.890. The van der Waals surface area contributed by atoms with Crippen molar-refractivity contribution in [1.82, 2.24) is 0 Å². The van der Waals surface area contributed by atoms with Crippen molar-refractivity contribution in [2.24, 2.45) is 5.16 Å². The molecule has 0 amide bonds. The summed E-state index contributed by atoms with van der Waals surface area (Å²) in [6.45, 7) is 3.32. The van der Waals surface area contributed by atoms with Crippen molar-refractivity contribution < 1.29 is 18.0 Å². The minimum Gasteiger partial charge on any atom is -0.312 e. The number of halogens is 1. The molecule has 8 heteroatoms. The number of rotatable bonds is 3. The van der Waals surface area contributed by atoms with Crippen molar-refractivity contribution in [3.63, 3.8) is 0 Å². The summed E-state index contributed by atoms with van der Waals surface area (Å²) >= 11 is 6.71. The number of sulfone groups is 1. The van der Waals surface area contributed by atoms with Gasteiger partial charge in [0.05, 0.1) is 15.6 Å². The molecule has 0 aromatic carbocycles. The fraction of sp³-hybridized carbons (Fsp3) is 0.333. The lowest BCUT2D eigenvalue weighted by molar-refractivity contribution is 0.0521. The van der Waals surface area contributed by atoms with Crippen molar-refractivity contribution in [3.8, 4) is 0 Å². The Morgan fingerprint density at radius 2 is 2.06 bits per heavy atom. The number of nitrogens with zero attached hydrogens (tertiary/aromatic N) is 1. The van der Waals surface area contributed by atoms with E-state index < -0.39 is 15.8 Å². The average molecular weight is 296 g/mol. The van der Waals surface area contributed by atoms with Crippen molar-refractivity contribution >= 4 is 44.5 Å². The zero-order valence-corrected chi connectivity index (χ0v) is 11.7. The SMILES string of the molecule is CC(C)=NOC(=O)c1scc(S(C)(=O)=O)c1Cl. The molecule has 0 saturated carbocycles. The third-order valence-corrected chi connectivity index (χ3v) is 4.44. The maximum absolute atomic E-state index is 11.5. The minimum absolute atomic E-state index is 0.0251. The molecule has 0 aliphatic carbocycles. The first-order chi connectivity index (χ1) is 7.73. The molecule has 0 atom stereocenters. The highest BCUT2D eigenvalue weighted by Gasteiger charge is 2.23. The Kier molecular flexibility index (Phi) is 4.29. The lowest BCUT2D eigenvalue weighted by Gasteiger charge is -1.97. The van der Waals surface area contributed by atoms with Crippen molar-refractivity contribution in [2.75, 3.05) is 6.26 Å². The van der Waals surface area contributed by atoms with Gasteiger partial charge in [-0.15, -0.1) is 11.3 Å². The summed E-state index contributed by atoms with van der Waals surface area (Å²) in [6.07, 6.45) is 1.02. The van der Waals surface area contributed by atoms with Gasteiger partial charge in [0.25, 0.3) is 0 Å². The smallest absolute Gasteiger partial charge is 0.312 e. The standard InChI is InChI=1S/C9H10ClNO4S2/c1-5(2)11-15-9(12)8-7(10)6(4-16-8)17(3,13)14/h4H,1-3H3. The van der Waals surface area contributed by atoms with Crippen LogP contribution in [0.15, 0.2) is 15.4 Å². The Bertz CT molecular complexity index is 570. The normalized spacial score (nSPS) is 11.1. The van der Waals surface area contributed by atoms with Crippen LogP contribution in [0.4, 0.5) is 0 Å². The van der Waals surface area contributed by atoms with Crippen LogP contribution in [-0.4, -0.2) is 26.4 Å². The van der Waals surface area contributed by atoms with Gasteiger partial charge in [-0.25, -0.2) is 13.2 Å². The van der Waals surface area contributed by atoms with Gasteiger partial charge in [0.15, 0.2) is 9.84 Å². The number of carbonyl (C=O) groups excluding carboxylic acids is 1. The van der Waals surface area contributed by atoms with Crippen molar-refractivity contribution in [2.45, 2.75) is 18.7 Å². The van der Waals surface area contributed by atoms with E-state index in [1.807, 2.05) is 0 Å². The molecule has 94 valence electrons. The van der Waals surface area contributed by atoms with E-state index in [1.165, 1.54) is 5.38 Å². The number of carbonyl (C=O) groups is 1. The van der Waals surface area contributed by atoms with Crippen molar-refractivity contribution in [3.05, 3.63) is 15.3 Å². The first-order valence-electron chi connectivity index (χ1n) is 4.43. The van der Waals surface area contributed by atoms with Crippen molar-refractivity contribution in [1.29, 1.82) is 0 Å². The van der Waals surface area contributed by atoms with E-state index in [9.17, 15) is 13.2 Å². The van der Waals surface area contributed by atoms with E-state index >= 15 is 0 Å². The van der Waals surface area contributed by atoms with E-state index in [2.05, 4.69) is 9.99 Å². The third-order valence-electron chi connectivity index (χ3n) is 1.60. The van der Waals surface area contributed by atoms with Crippen LogP contribution >= 0.6 is 22.9 Å². The summed E-state index contributed by atoms with van der Waals surface area (Å²) in [5.41, 5.74) is 0.564. The lowest BCUT2D eigenvalue weighted by atomic mass is 10.5. The van der Waals surface area contributed by atoms with Gasteiger partial charge >= 0.3 is 5.97 Å². The van der Waals surface area contributed by atoms with Gasteiger partial charge in [0.2, 0.25) is 0 Å². The third kappa shape index (κ3) is 3.52. The molecule has 1 aromatic heterocycles. The Labute approximate surface area is 108 Å². The Morgan fingerprint density at radius 3 is 2.47 bits per heavy atom. The zero-order chi connectivity index (χ0) is 13.2. The van der Waals surface area contributed by atoms with E-state index in [0.29, 0.717) is 5.71 Å². The molecule has 0 aliphatic rings. The molecule has 0 fully saturated rings. The van der Waals surface area contributed by atoms with E-state index in [-0.39, 0.29) is 14.8 Å². The second-order valence-corrected chi connectivity index (χ2v) is 6.67. The number of hydrogen-bond donors (Lipinski definition) is 0. The van der Waals surface area contributed by atoms with E-state index in [4.69, 9.17) is 11.6 Å². The summed E-state index contributed by atoms with van der Waals surface area (Å²) in [4.78, 5) is 16.0. The highest BCUT2D eigenvalue weighted by Crippen LogP contribution is 2.31. The first kappa shape index (κ1) is 14.1. The summed E-state index contributed by atoms with van der Waals surface area (Å²) in [7, 11) is -3.44. The van der Waals surface area contributed by atoms with Crippen LogP contribution in [0.2, 0.25) is 5.02 Å². The number of hydrogen-bond acceptors (Lipinski definition) is 6. The fourth-order valence-corrected chi connectivity index (χ4v) is 3.67. The van der Waals surface area contributed by atoms with Crippen LogP contribution < -0.4 is 0 Å². The Balaban J connectivity index is 3.06. The van der Waals surface area contributed by atoms with Gasteiger partial charge in [-0.05, 0) is 13.8 Å². The second kappa shape index (κ2) is 5.16. The van der Waals surface area contributed by atoms with Gasteiger partial charge in [0.1, 0.15) is 4.88 Å². The molecule has 0 radical (unpaired) electrons. The summed E-state index contributed by atoms with van der Waals surface area (Å²) in [6, 6.07) is 0. The summed E-state index contributed by atoms with van der Waals surface area (Å²) in [5, 5.41) is 4.66. The highest BCUT2D eigenvalue weighted by atomic mass is 35.5. The number of thiophene rings is 1. The maximum Gasteiger partial charge on any atom is 0.377 e. The van der Waals surface area contributed by atoms with E-state index in [1.54, 1.807) is 13.8 Å². The van der Waals surface area contributed by atoms with E-state index in [0.717, 1.165) is 17.6 Å². The molecule has 0 N–H and O–H groups in total. The van der Waals surface area contributed by atoms with Crippen LogP contribution in [0.1, 0.15) is 23.5 Å². The molecule has 1 heterocycles. The molecule has 0 saturated heterocycles. The predicted octanol–water partition coefficient (Wildman–Crippen LogP) is 2.36. The van der Waals surface area contributed by atoms with Crippen LogP contribution in [0.3, 0.4) is 0 Å². The molecular weight excluding hydrogens is 286 g/mol. The summed E-state index contributed by atoms with van der Waals surface area (Å²) in [5.74, 6) is -0.767. The van der Waals surface area contributed by atoms with Gasteiger partial charge in [0, 0.05) is 11.6 Å². The predicted molar refractivity (Wildman–Crippen MR) is 66.6 cm³/mol. The van der Waals surface area contributed by atoms with Crippen LogP contribution in [-0.2, 0) is 14.7 Å². The van der Waals surface area contributed by atoms with Crippen LogP contribution in [0, 0.1) is 0 Å². The molecule has 0 bridgehead atoms. The highest BCUT2D eigenvalue weighted by molar-refractivity contribution is 7.91. The Hall–Kier alpha value is -0.920. The molecule has 1 aromatic rings. The molecule has 0 spiro atoms. The minimum atomic E-state index is -3.44. The molecule has 5 nitrogen and oxygen atoms in total. The number of oxime groups is 1. The quantitative estimate of drug-likeness (QED) is 0.487. The molecule has 0 unspecified atom stereocenters. The maximum atomic E-state index is 11.5. The molecular formula is C9H10ClNO4S2. The van der Waals surface area contributed by atoms with Crippen LogP contribution in [0.25, 0.3) is 0 Å². The average Bonchev–Trinajstić information content (AvgIpc) is 2.55. The van der Waals surface area contributed by atoms with Gasteiger partial charge < -0.3 is 4.84 Å². The second-order valence-electron chi connectivity index (χ2n) is 3.43. The van der Waals surface area contributed by atoms with Crippen LogP contribution in [0.5, 0.6) is 0 Å². The summed E-state index contributed by atoms with van der Waals surface area (Å²) < 4.78 is 22.6. The van der Waals surface area contributed by atoms with Gasteiger partial charge in [-0.1, -0.05) is 16.8 Å². The van der Waals surface area contributed by atoms with Gasteiger partial charge in [-0.3, -0.25) is 0 Å². The molecule has 1 rings (SSSR count). The first-order valence-corrected chi connectivity index (χ1v) is 7.58. The molecule has 17 heavy (non-hydrogen) atoms. The molecule has 0 aliphatic heterocycles. The van der Waals surface area contributed by atoms with Gasteiger partial charge in [-0.2, -0.15) is 0 Å². The largest absolute Gasteiger partial charge is 0.377 e. The monoisotopic (exact) mass is 295 g/mol. The Morgan fingerprint density at radius 1 is 1.47 bits per heavy atom.